The molecule has 0 amide bonds. The minimum absolute atomic E-state index is 0.868. The second-order valence-electron chi connectivity index (χ2n) is 4.87. The van der Waals surface area contributed by atoms with E-state index in [1.807, 2.05) is 0 Å². The molecule has 0 spiro atoms. The summed E-state index contributed by atoms with van der Waals surface area (Å²) in [5.74, 6) is 0.868. The highest BCUT2D eigenvalue weighted by atomic mass is 14.8. The topological polar surface area (TPSA) is 12.0 Å². The van der Waals surface area contributed by atoms with Gasteiger partial charge in [0.1, 0.15) is 0 Å². The minimum Gasteiger partial charge on any atom is -0.316 e. The highest BCUT2D eigenvalue weighted by molar-refractivity contribution is 5.26. The zero-order valence-electron chi connectivity index (χ0n) is 10.3. The predicted octanol–water partition coefficient (Wildman–Crippen LogP) is 3.50. The van der Waals surface area contributed by atoms with Gasteiger partial charge >= 0.3 is 0 Å². The largest absolute Gasteiger partial charge is 0.316 e. The van der Waals surface area contributed by atoms with Crippen LogP contribution in [-0.4, -0.2) is 13.1 Å². The van der Waals surface area contributed by atoms with Crippen LogP contribution in [-0.2, 0) is 6.42 Å². The van der Waals surface area contributed by atoms with Crippen molar-refractivity contribution in [1.29, 1.82) is 0 Å². The van der Waals surface area contributed by atoms with Crippen LogP contribution in [0.25, 0.3) is 0 Å². The van der Waals surface area contributed by atoms with Gasteiger partial charge in [0.05, 0.1) is 0 Å². The summed E-state index contributed by atoms with van der Waals surface area (Å²) >= 11 is 0. The molecule has 1 aromatic rings. The Morgan fingerprint density at radius 2 is 1.88 bits per heavy atom. The lowest BCUT2D eigenvalue weighted by Gasteiger charge is -2.25. The van der Waals surface area contributed by atoms with Crippen LogP contribution in [0.15, 0.2) is 24.3 Å². The number of hydrogen-bond acceptors (Lipinski definition) is 1. The molecule has 1 aliphatic carbocycles. The zero-order valence-corrected chi connectivity index (χ0v) is 10.3. The third kappa shape index (κ3) is 3.08. The highest BCUT2D eigenvalue weighted by Crippen LogP contribution is 2.36. The molecule has 0 aromatic heterocycles. The van der Waals surface area contributed by atoms with E-state index < -0.39 is 0 Å². The second kappa shape index (κ2) is 6.05. The Labute approximate surface area is 99.3 Å². The van der Waals surface area contributed by atoms with Gasteiger partial charge in [-0.2, -0.15) is 0 Å². The molecule has 0 atom stereocenters. The molecule has 1 heteroatoms. The van der Waals surface area contributed by atoms with E-state index in [4.69, 9.17) is 0 Å². The minimum atomic E-state index is 0.868. The van der Waals surface area contributed by atoms with E-state index in [9.17, 15) is 0 Å². The molecule has 1 fully saturated rings. The lowest BCUT2D eigenvalue weighted by Crippen LogP contribution is -2.17. The third-order valence-corrected chi connectivity index (χ3v) is 3.57. The molecule has 0 aliphatic heterocycles. The summed E-state index contributed by atoms with van der Waals surface area (Å²) in [7, 11) is 0. The van der Waals surface area contributed by atoms with Crippen LogP contribution >= 0.6 is 0 Å². The Hall–Kier alpha value is -0.820. The SMILES string of the molecule is CCCNCCc1ccc(C2CCC2)cc1. The molecule has 88 valence electrons. The number of nitrogens with one attached hydrogen (secondary N) is 1. The van der Waals surface area contributed by atoms with Crippen molar-refractivity contribution in [3.05, 3.63) is 35.4 Å². The van der Waals surface area contributed by atoms with Crippen molar-refractivity contribution in [3.63, 3.8) is 0 Å². The normalized spacial score (nSPS) is 16.1. The first-order chi connectivity index (χ1) is 7.90. The Morgan fingerprint density at radius 3 is 2.44 bits per heavy atom. The summed E-state index contributed by atoms with van der Waals surface area (Å²) in [6, 6.07) is 9.28. The van der Waals surface area contributed by atoms with Crippen LogP contribution in [0.3, 0.4) is 0 Å². The molecule has 1 aliphatic rings. The van der Waals surface area contributed by atoms with Crippen molar-refractivity contribution in [2.24, 2.45) is 0 Å². The van der Waals surface area contributed by atoms with E-state index in [1.54, 1.807) is 5.56 Å². The quantitative estimate of drug-likeness (QED) is 0.719. The Balaban J connectivity index is 1.77. The van der Waals surface area contributed by atoms with Crippen molar-refractivity contribution in [2.45, 2.75) is 44.9 Å². The molecular weight excluding hydrogens is 194 g/mol. The van der Waals surface area contributed by atoms with Gasteiger partial charge in [0.25, 0.3) is 0 Å². The fourth-order valence-corrected chi connectivity index (χ4v) is 2.23. The van der Waals surface area contributed by atoms with E-state index >= 15 is 0 Å². The molecule has 1 N–H and O–H groups in total. The standard InChI is InChI=1S/C15H23N/c1-2-11-16-12-10-13-6-8-15(9-7-13)14-4-3-5-14/h6-9,14,16H,2-5,10-12H2,1H3. The molecule has 0 heterocycles. The van der Waals surface area contributed by atoms with Gasteiger partial charge in [0, 0.05) is 0 Å². The average Bonchev–Trinajstić information content (AvgIpc) is 2.24. The zero-order chi connectivity index (χ0) is 11.2. The van der Waals surface area contributed by atoms with Crippen LogP contribution in [0, 0.1) is 0 Å². The van der Waals surface area contributed by atoms with Gasteiger partial charge in [-0.05, 0) is 55.8 Å². The van der Waals surface area contributed by atoms with Gasteiger partial charge in [0.15, 0.2) is 0 Å². The lowest BCUT2D eigenvalue weighted by atomic mass is 9.80. The van der Waals surface area contributed by atoms with E-state index in [0.717, 1.165) is 25.4 Å². The lowest BCUT2D eigenvalue weighted by molar-refractivity contribution is 0.419. The molecule has 1 saturated carbocycles. The molecule has 0 bridgehead atoms. The molecular formula is C15H23N. The summed E-state index contributed by atoms with van der Waals surface area (Å²) in [6.07, 6.45) is 6.60. The Bertz CT molecular complexity index is 298. The maximum absolute atomic E-state index is 3.44. The molecule has 1 nitrogen and oxygen atoms in total. The number of rotatable bonds is 6. The van der Waals surface area contributed by atoms with Gasteiger partial charge < -0.3 is 5.32 Å². The van der Waals surface area contributed by atoms with Gasteiger partial charge in [0.2, 0.25) is 0 Å². The summed E-state index contributed by atoms with van der Waals surface area (Å²) in [5.41, 5.74) is 3.02. The first-order valence-corrected chi connectivity index (χ1v) is 6.69. The average molecular weight is 217 g/mol. The van der Waals surface area contributed by atoms with Crippen molar-refractivity contribution in [3.8, 4) is 0 Å². The fourth-order valence-electron chi connectivity index (χ4n) is 2.23. The van der Waals surface area contributed by atoms with Crippen molar-refractivity contribution < 1.29 is 0 Å². The van der Waals surface area contributed by atoms with Crippen LogP contribution in [0.1, 0.15) is 49.7 Å². The molecule has 0 saturated heterocycles. The summed E-state index contributed by atoms with van der Waals surface area (Å²) in [4.78, 5) is 0. The summed E-state index contributed by atoms with van der Waals surface area (Å²) < 4.78 is 0. The van der Waals surface area contributed by atoms with Crippen LogP contribution in [0.4, 0.5) is 0 Å². The van der Waals surface area contributed by atoms with Gasteiger partial charge in [-0.1, -0.05) is 37.6 Å². The molecule has 2 rings (SSSR count). The van der Waals surface area contributed by atoms with Crippen LogP contribution < -0.4 is 5.32 Å². The van der Waals surface area contributed by atoms with E-state index in [2.05, 4.69) is 36.5 Å². The molecule has 16 heavy (non-hydrogen) atoms. The maximum atomic E-state index is 3.44. The van der Waals surface area contributed by atoms with Gasteiger partial charge in [-0.15, -0.1) is 0 Å². The fraction of sp³-hybridized carbons (Fsp3) is 0.600. The molecule has 1 aromatic carbocycles. The predicted molar refractivity (Wildman–Crippen MR) is 69.9 cm³/mol. The van der Waals surface area contributed by atoms with E-state index in [-0.39, 0.29) is 0 Å². The second-order valence-corrected chi connectivity index (χ2v) is 4.87. The summed E-state index contributed by atoms with van der Waals surface area (Å²) in [5, 5.41) is 3.44. The Morgan fingerprint density at radius 1 is 1.12 bits per heavy atom. The van der Waals surface area contributed by atoms with Crippen molar-refractivity contribution in [1.82, 2.24) is 5.32 Å². The maximum Gasteiger partial charge on any atom is -0.000835 e. The van der Waals surface area contributed by atoms with Crippen LogP contribution in [0.5, 0.6) is 0 Å². The van der Waals surface area contributed by atoms with Gasteiger partial charge in [-0.25, -0.2) is 0 Å². The van der Waals surface area contributed by atoms with Crippen LogP contribution in [0.2, 0.25) is 0 Å². The molecule has 0 unspecified atom stereocenters. The smallest absolute Gasteiger partial charge is 0.000835 e. The molecule has 0 radical (unpaired) electrons. The summed E-state index contributed by atoms with van der Waals surface area (Å²) in [6.45, 7) is 4.46. The highest BCUT2D eigenvalue weighted by Gasteiger charge is 2.18. The van der Waals surface area contributed by atoms with Gasteiger partial charge in [-0.3, -0.25) is 0 Å². The first-order valence-electron chi connectivity index (χ1n) is 6.69. The number of benzene rings is 1. The number of hydrogen-bond donors (Lipinski definition) is 1. The monoisotopic (exact) mass is 217 g/mol. The van der Waals surface area contributed by atoms with E-state index in [1.165, 1.54) is 31.2 Å². The van der Waals surface area contributed by atoms with Crippen molar-refractivity contribution >= 4 is 0 Å². The Kier molecular flexibility index (Phi) is 4.41. The van der Waals surface area contributed by atoms with E-state index in [0.29, 0.717) is 0 Å². The van der Waals surface area contributed by atoms with Crippen molar-refractivity contribution in [2.75, 3.05) is 13.1 Å². The first kappa shape index (κ1) is 11.7. The third-order valence-electron chi connectivity index (χ3n) is 3.57.